The smallest absolute Gasteiger partial charge is 0.392 e. The average Bonchev–Trinajstić information content (AvgIpc) is 3.77. The number of hydrogen-bond acceptors (Lipinski definition) is 1. The van der Waals surface area contributed by atoms with Crippen molar-refractivity contribution in [3.8, 4) is 78.6 Å². The molecule has 1 unspecified atom stereocenters. The van der Waals surface area contributed by atoms with Crippen LogP contribution in [0.4, 0.5) is 0 Å². The summed E-state index contributed by atoms with van der Waals surface area (Å²) in [5, 5.41) is 0. The van der Waals surface area contributed by atoms with Gasteiger partial charge >= 0.3 is 11.7 Å². The number of nitrogens with zero attached hydrogens (tertiary/aromatic N) is 3. The summed E-state index contributed by atoms with van der Waals surface area (Å²) in [4.78, 5) is 0. The lowest BCUT2D eigenvalue weighted by atomic mass is 9.80. The number of rotatable bonds is 5. The van der Waals surface area contributed by atoms with Crippen LogP contribution < -0.4 is 13.9 Å². The number of fused-ring (bicyclic) bond motifs is 5. The Bertz CT molecular complexity index is 3280. The largest absolute Gasteiger partial charge is 0.499 e. The highest BCUT2D eigenvalue weighted by molar-refractivity contribution is 5.99. The Morgan fingerprint density at radius 3 is 1.92 bits per heavy atom. The molecular formula is C56H45N3O+2. The molecular weight excluding hydrogens is 731 g/mol. The molecule has 288 valence electrons. The molecule has 1 atom stereocenters. The molecule has 4 heteroatoms. The first-order valence-corrected chi connectivity index (χ1v) is 21.0. The van der Waals surface area contributed by atoms with Crippen LogP contribution in [0.15, 0.2) is 176 Å². The molecule has 7 aromatic carbocycles. The third kappa shape index (κ3) is 4.73. The van der Waals surface area contributed by atoms with Crippen molar-refractivity contribution in [2.75, 3.05) is 0 Å². The maximum atomic E-state index is 9.51. The standard InChI is InChI=1S/C56H45N3O/c1-35(2)43-33-45(38-22-13-8-14-23-38)50(34-44(43)37-20-11-7-12-21-37)58-48-26-17-25-41-46-31-40(55(3,4)5)32-47-49-30-39(36-18-9-6-10-19-36)28-29-57(49)56(52(46)47)59(53(41)48)54(58)42-24-15-16-27-51(42)60-56/h6-35H,1-5H3/q+2/i35D. The molecule has 3 aliphatic heterocycles. The molecule has 0 N–H and O–H groups in total. The molecule has 0 amide bonds. The van der Waals surface area contributed by atoms with Crippen LogP contribution in [0.1, 0.15) is 58.6 Å². The summed E-state index contributed by atoms with van der Waals surface area (Å²) in [7, 11) is 0. The Morgan fingerprint density at radius 2 is 1.22 bits per heavy atom. The average molecular weight is 777 g/mol. The van der Waals surface area contributed by atoms with Crippen LogP contribution in [-0.4, -0.2) is 4.57 Å². The van der Waals surface area contributed by atoms with Crippen molar-refractivity contribution in [2.45, 2.75) is 51.8 Å². The minimum absolute atomic E-state index is 0.104. The second-order valence-electron chi connectivity index (χ2n) is 17.8. The fraction of sp³-hybridized carbons (Fsp3) is 0.143. The van der Waals surface area contributed by atoms with Crippen molar-refractivity contribution in [2.24, 2.45) is 0 Å². The highest BCUT2D eigenvalue weighted by Crippen LogP contribution is 2.54. The molecule has 5 heterocycles. The zero-order valence-electron chi connectivity index (χ0n) is 35.5. The third-order valence-electron chi connectivity index (χ3n) is 13.0. The summed E-state index contributed by atoms with van der Waals surface area (Å²) in [5.41, 5.74) is 18.9. The lowest BCUT2D eigenvalue weighted by Crippen LogP contribution is -2.78. The second kappa shape index (κ2) is 12.5. The summed E-state index contributed by atoms with van der Waals surface area (Å²) in [5.74, 6) is -0.0623. The highest BCUT2D eigenvalue weighted by Gasteiger charge is 2.68. The SMILES string of the molecule is [2H]C(C)(C)c1cc(-c2ccccc2)c(-n2c3[n+]4c5c(cccc52)-c2cc(C(C)(C)C)cc5c2C4(Oc2ccccc2-3)[n+]2ccc(-c3ccccc3)cc2-5)cc1-c1ccccc1. The predicted molar refractivity (Wildman–Crippen MR) is 242 cm³/mol. The van der Waals surface area contributed by atoms with Crippen LogP contribution in [-0.2, 0) is 11.3 Å². The van der Waals surface area contributed by atoms with E-state index in [-0.39, 0.29) is 5.41 Å². The molecule has 2 aromatic heterocycles. The lowest BCUT2D eigenvalue weighted by Gasteiger charge is -2.33. The van der Waals surface area contributed by atoms with Crippen molar-refractivity contribution in [1.82, 2.24) is 4.57 Å². The zero-order valence-corrected chi connectivity index (χ0v) is 34.5. The monoisotopic (exact) mass is 776 g/mol. The maximum absolute atomic E-state index is 9.51. The van der Waals surface area contributed by atoms with E-state index in [4.69, 9.17) is 4.74 Å². The van der Waals surface area contributed by atoms with E-state index in [1.807, 2.05) is 13.8 Å². The van der Waals surface area contributed by atoms with E-state index in [1.165, 1.54) is 27.8 Å². The van der Waals surface area contributed by atoms with Crippen LogP contribution in [0.25, 0.3) is 83.9 Å². The summed E-state index contributed by atoms with van der Waals surface area (Å²) in [6, 6.07) is 61.3. The normalized spacial score (nSPS) is 15.8. The number of benzene rings is 7. The fourth-order valence-corrected chi connectivity index (χ4v) is 10.2. The van der Waals surface area contributed by atoms with Gasteiger partial charge in [-0.15, -0.1) is 9.13 Å². The number of imidazole rings is 1. The van der Waals surface area contributed by atoms with Crippen LogP contribution in [0.2, 0.25) is 0 Å². The van der Waals surface area contributed by atoms with Crippen molar-refractivity contribution >= 4 is 11.0 Å². The summed E-state index contributed by atoms with van der Waals surface area (Å²) in [6.45, 7) is 10.9. The van der Waals surface area contributed by atoms with Crippen LogP contribution >= 0.6 is 0 Å². The number of pyridine rings is 1. The van der Waals surface area contributed by atoms with Crippen molar-refractivity contribution in [3.05, 3.63) is 193 Å². The molecule has 3 aliphatic rings. The van der Waals surface area contributed by atoms with Crippen molar-refractivity contribution in [1.29, 1.82) is 0 Å². The molecule has 0 bridgehead atoms. The van der Waals surface area contributed by atoms with Gasteiger partial charge in [-0.2, -0.15) is 4.57 Å². The molecule has 9 aromatic rings. The third-order valence-corrected chi connectivity index (χ3v) is 13.0. The fourth-order valence-electron chi connectivity index (χ4n) is 10.2. The minimum atomic E-state index is -1.06. The summed E-state index contributed by atoms with van der Waals surface area (Å²) >= 11 is 0. The first-order valence-electron chi connectivity index (χ1n) is 21.5. The number of aromatic nitrogens is 3. The van der Waals surface area contributed by atoms with Gasteiger partial charge in [0, 0.05) is 30.2 Å². The Hall–Kier alpha value is -7.04. The summed E-state index contributed by atoms with van der Waals surface area (Å²) in [6.07, 6.45) is 2.24. The molecule has 0 saturated carbocycles. The van der Waals surface area contributed by atoms with Crippen LogP contribution in [0, 0.1) is 0 Å². The van der Waals surface area contributed by atoms with Gasteiger partial charge in [0.05, 0.1) is 5.56 Å². The van der Waals surface area contributed by atoms with Crippen molar-refractivity contribution < 1.29 is 15.2 Å². The van der Waals surface area contributed by atoms with E-state index in [9.17, 15) is 1.37 Å². The van der Waals surface area contributed by atoms with E-state index in [1.54, 1.807) is 0 Å². The van der Waals surface area contributed by atoms with E-state index in [0.717, 1.165) is 78.5 Å². The van der Waals surface area contributed by atoms with Gasteiger partial charge in [-0.1, -0.05) is 144 Å². The predicted octanol–water partition coefficient (Wildman–Crippen LogP) is 12.9. The quantitative estimate of drug-likeness (QED) is 0.160. The van der Waals surface area contributed by atoms with Gasteiger partial charge in [0.1, 0.15) is 22.6 Å². The molecule has 0 radical (unpaired) electrons. The van der Waals surface area contributed by atoms with E-state index in [2.05, 4.69) is 211 Å². The van der Waals surface area contributed by atoms with E-state index >= 15 is 0 Å². The highest BCUT2D eigenvalue weighted by atomic mass is 16.5. The first kappa shape index (κ1) is 33.9. The van der Waals surface area contributed by atoms with Gasteiger partial charge in [-0.3, -0.25) is 0 Å². The number of para-hydroxylation sites is 2. The molecule has 4 nitrogen and oxygen atoms in total. The topological polar surface area (TPSA) is 21.9 Å². The summed E-state index contributed by atoms with van der Waals surface area (Å²) < 4.78 is 24.6. The Kier molecular flexibility index (Phi) is 7.05. The maximum Gasteiger partial charge on any atom is 0.499 e. The Morgan fingerprint density at radius 1 is 0.583 bits per heavy atom. The van der Waals surface area contributed by atoms with Gasteiger partial charge in [0.15, 0.2) is 17.2 Å². The Balaban J connectivity index is 1.27. The molecule has 12 rings (SSSR count). The lowest BCUT2D eigenvalue weighted by molar-refractivity contribution is -0.997. The van der Waals surface area contributed by atoms with Gasteiger partial charge < -0.3 is 4.74 Å². The van der Waals surface area contributed by atoms with Gasteiger partial charge in [-0.25, -0.2) is 0 Å². The van der Waals surface area contributed by atoms with Gasteiger partial charge in [0.2, 0.25) is 5.69 Å². The number of hydrogen-bond donors (Lipinski definition) is 0. The van der Waals surface area contributed by atoms with E-state index < -0.39 is 11.7 Å². The minimum Gasteiger partial charge on any atom is -0.392 e. The Labute approximate surface area is 352 Å². The molecule has 60 heavy (non-hydrogen) atoms. The first-order chi connectivity index (χ1) is 29.5. The van der Waals surface area contributed by atoms with Crippen LogP contribution in [0.3, 0.4) is 0 Å². The van der Waals surface area contributed by atoms with Crippen molar-refractivity contribution in [3.63, 3.8) is 0 Å². The molecule has 0 saturated heterocycles. The second-order valence-corrected chi connectivity index (χ2v) is 17.8. The zero-order chi connectivity index (χ0) is 41.4. The number of ether oxygens (including phenoxy) is 1. The van der Waals surface area contributed by atoms with Gasteiger partial charge in [-0.05, 0) is 98.8 Å². The van der Waals surface area contributed by atoms with E-state index in [0.29, 0.717) is 0 Å². The van der Waals surface area contributed by atoms with Crippen LogP contribution in [0.5, 0.6) is 5.75 Å². The van der Waals surface area contributed by atoms with Gasteiger partial charge in [0.25, 0.3) is 0 Å². The molecule has 0 aliphatic carbocycles. The molecule has 1 spiro atoms. The molecule has 0 fully saturated rings.